The summed E-state index contributed by atoms with van der Waals surface area (Å²) in [5.74, 6) is -2.50. The van der Waals surface area contributed by atoms with Gasteiger partial charge in [0.25, 0.3) is 0 Å². The standard InChI is InChI=1S/C6H4BF2O2/c8-4-1-3(10)2-5(9)6(4)7-11/h1-2,10-11H. The van der Waals surface area contributed by atoms with Crippen LogP contribution in [-0.4, -0.2) is 17.6 Å². The Morgan fingerprint density at radius 1 is 1.18 bits per heavy atom. The maximum absolute atomic E-state index is 12.5. The van der Waals surface area contributed by atoms with E-state index in [1.54, 1.807) is 0 Å². The Kier molecular flexibility index (Phi) is 2.09. The van der Waals surface area contributed by atoms with Gasteiger partial charge in [0.2, 0.25) is 0 Å². The van der Waals surface area contributed by atoms with Gasteiger partial charge in [-0.2, -0.15) is 0 Å². The number of phenols is 1. The molecule has 1 rings (SSSR count). The van der Waals surface area contributed by atoms with Gasteiger partial charge < -0.3 is 10.1 Å². The molecule has 11 heavy (non-hydrogen) atoms. The monoisotopic (exact) mass is 157 g/mol. The van der Waals surface area contributed by atoms with Gasteiger partial charge in [-0.05, 0) is 0 Å². The highest BCUT2D eigenvalue weighted by molar-refractivity contribution is 6.45. The number of benzene rings is 1. The molecule has 0 aliphatic heterocycles. The number of halogens is 2. The fraction of sp³-hybridized carbons (Fsp3) is 0. The zero-order chi connectivity index (χ0) is 8.43. The largest absolute Gasteiger partial charge is 0.508 e. The molecule has 0 saturated carbocycles. The average molecular weight is 157 g/mol. The van der Waals surface area contributed by atoms with E-state index in [1.165, 1.54) is 0 Å². The zero-order valence-corrected chi connectivity index (χ0v) is 5.38. The Balaban J connectivity index is 3.25. The molecule has 0 amide bonds. The minimum Gasteiger partial charge on any atom is -0.508 e. The van der Waals surface area contributed by atoms with Crippen LogP contribution < -0.4 is 5.46 Å². The van der Waals surface area contributed by atoms with Crippen molar-refractivity contribution in [1.29, 1.82) is 0 Å². The van der Waals surface area contributed by atoms with Crippen molar-refractivity contribution in [3.63, 3.8) is 0 Å². The molecule has 0 bridgehead atoms. The second kappa shape index (κ2) is 2.88. The molecular weight excluding hydrogens is 153 g/mol. The van der Waals surface area contributed by atoms with Crippen LogP contribution in [0.25, 0.3) is 0 Å². The van der Waals surface area contributed by atoms with E-state index in [-0.39, 0.29) is 0 Å². The summed E-state index contributed by atoms with van der Waals surface area (Å²) in [5.41, 5.74) is -0.553. The summed E-state index contributed by atoms with van der Waals surface area (Å²) in [5, 5.41) is 16.9. The van der Waals surface area contributed by atoms with Gasteiger partial charge in [-0.1, -0.05) is 0 Å². The van der Waals surface area contributed by atoms with Crippen molar-refractivity contribution in [1.82, 2.24) is 0 Å². The molecule has 0 aliphatic carbocycles. The molecule has 2 nitrogen and oxygen atoms in total. The topological polar surface area (TPSA) is 40.5 Å². The second-order valence-electron chi connectivity index (χ2n) is 1.95. The first-order valence-corrected chi connectivity index (χ1v) is 2.80. The molecular formula is C6H4BF2O2. The quantitative estimate of drug-likeness (QED) is 0.559. The summed E-state index contributed by atoms with van der Waals surface area (Å²) in [6.45, 7) is 0. The van der Waals surface area contributed by atoms with Crippen LogP contribution in [0.5, 0.6) is 5.75 Å². The van der Waals surface area contributed by atoms with E-state index in [0.29, 0.717) is 19.6 Å². The lowest BCUT2D eigenvalue weighted by Gasteiger charge is -1.99. The molecule has 57 valence electrons. The summed E-state index contributed by atoms with van der Waals surface area (Å²) >= 11 is 0. The summed E-state index contributed by atoms with van der Waals surface area (Å²) in [6.07, 6.45) is 0. The molecule has 1 aromatic rings. The van der Waals surface area contributed by atoms with Crippen molar-refractivity contribution in [2.24, 2.45) is 0 Å². The lowest BCUT2D eigenvalue weighted by molar-refractivity contribution is 0.462. The van der Waals surface area contributed by atoms with Crippen molar-refractivity contribution in [3.8, 4) is 5.75 Å². The first kappa shape index (κ1) is 8.01. The van der Waals surface area contributed by atoms with E-state index in [9.17, 15) is 8.78 Å². The minimum absolute atomic E-state index is 0.310. The molecule has 0 heterocycles. The van der Waals surface area contributed by atoms with Crippen molar-refractivity contribution in [2.75, 3.05) is 0 Å². The number of aromatic hydroxyl groups is 1. The van der Waals surface area contributed by atoms with E-state index in [0.717, 1.165) is 0 Å². The third kappa shape index (κ3) is 1.49. The molecule has 0 aliphatic rings. The second-order valence-corrected chi connectivity index (χ2v) is 1.95. The number of phenolic OH excluding ortho intramolecular Hbond substituents is 1. The summed E-state index contributed by atoms with van der Waals surface area (Å²) in [6, 6.07) is 1.43. The summed E-state index contributed by atoms with van der Waals surface area (Å²) in [4.78, 5) is 0. The highest BCUT2D eigenvalue weighted by atomic mass is 19.1. The van der Waals surface area contributed by atoms with Crippen LogP contribution in [-0.2, 0) is 0 Å². The lowest BCUT2D eigenvalue weighted by atomic mass is 9.87. The summed E-state index contributed by atoms with van der Waals surface area (Å²) < 4.78 is 25.0. The maximum Gasteiger partial charge on any atom is 0.332 e. The molecule has 5 heteroatoms. The third-order valence-electron chi connectivity index (χ3n) is 1.19. The van der Waals surface area contributed by atoms with Gasteiger partial charge in [0.1, 0.15) is 17.4 Å². The van der Waals surface area contributed by atoms with Crippen LogP contribution in [0.2, 0.25) is 0 Å². The van der Waals surface area contributed by atoms with E-state index in [1.807, 2.05) is 0 Å². The maximum atomic E-state index is 12.5. The lowest BCUT2D eigenvalue weighted by Crippen LogP contribution is -2.21. The van der Waals surface area contributed by atoms with Gasteiger partial charge in [0.15, 0.2) is 0 Å². The molecule has 0 fully saturated rings. The Labute approximate surface area is 62.4 Å². The molecule has 1 aromatic carbocycles. The molecule has 0 saturated heterocycles. The van der Waals surface area contributed by atoms with Crippen molar-refractivity contribution < 1.29 is 18.9 Å². The van der Waals surface area contributed by atoms with Crippen LogP contribution >= 0.6 is 0 Å². The predicted molar refractivity (Wildman–Crippen MR) is 35.6 cm³/mol. The van der Waals surface area contributed by atoms with Gasteiger partial charge >= 0.3 is 7.48 Å². The number of hydrogen-bond acceptors (Lipinski definition) is 2. The van der Waals surface area contributed by atoms with Crippen LogP contribution in [0.15, 0.2) is 12.1 Å². The zero-order valence-electron chi connectivity index (χ0n) is 5.38. The SMILES string of the molecule is O[B]c1c(F)cc(O)cc1F. The fourth-order valence-electron chi connectivity index (χ4n) is 0.694. The molecule has 1 radical (unpaired) electrons. The smallest absolute Gasteiger partial charge is 0.332 e. The molecule has 2 N–H and O–H groups in total. The van der Waals surface area contributed by atoms with Crippen LogP contribution in [0.3, 0.4) is 0 Å². The van der Waals surface area contributed by atoms with Crippen molar-refractivity contribution in [3.05, 3.63) is 23.8 Å². The first-order valence-electron chi connectivity index (χ1n) is 2.80. The first-order chi connectivity index (χ1) is 5.15. The molecule has 0 unspecified atom stereocenters. The summed E-state index contributed by atoms with van der Waals surface area (Å²) in [7, 11) is 0.310. The fourth-order valence-corrected chi connectivity index (χ4v) is 0.694. The van der Waals surface area contributed by atoms with E-state index in [4.69, 9.17) is 10.1 Å². The Hall–Kier alpha value is -1.10. The average Bonchev–Trinajstić information content (AvgIpc) is 1.85. The van der Waals surface area contributed by atoms with Crippen LogP contribution in [0.4, 0.5) is 8.78 Å². The normalized spacial score (nSPS) is 9.73. The highest BCUT2D eigenvalue weighted by Crippen LogP contribution is 2.10. The minimum atomic E-state index is -0.995. The Morgan fingerprint density at radius 2 is 1.64 bits per heavy atom. The number of rotatable bonds is 1. The van der Waals surface area contributed by atoms with E-state index >= 15 is 0 Å². The van der Waals surface area contributed by atoms with Gasteiger partial charge in [-0.25, -0.2) is 8.78 Å². The Bertz CT molecular complexity index is 254. The van der Waals surface area contributed by atoms with E-state index < -0.39 is 22.8 Å². The van der Waals surface area contributed by atoms with Gasteiger partial charge in [0.05, 0.1) is 0 Å². The highest BCUT2D eigenvalue weighted by Gasteiger charge is 2.10. The van der Waals surface area contributed by atoms with Crippen molar-refractivity contribution >= 4 is 12.9 Å². The number of hydrogen-bond donors (Lipinski definition) is 2. The van der Waals surface area contributed by atoms with Crippen molar-refractivity contribution in [2.45, 2.75) is 0 Å². The van der Waals surface area contributed by atoms with Gasteiger partial charge in [-0.15, -0.1) is 0 Å². The Morgan fingerprint density at radius 3 is 2.00 bits per heavy atom. The molecule has 0 spiro atoms. The van der Waals surface area contributed by atoms with E-state index in [2.05, 4.69) is 0 Å². The van der Waals surface area contributed by atoms with Gasteiger partial charge in [-0.3, -0.25) is 0 Å². The van der Waals surface area contributed by atoms with Crippen LogP contribution in [0, 0.1) is 11.6 Å². The van der Waals surface area contributed by atoms with Gasteiger partial charge in [0, 0.05) is 17.6 Å². The molecule has 0 atom stereocenters. The third-order valence-corrected chi connectivity index (χ3v) is 1.19. The predicted octanol–water partition coefficient (Wildman–Crippen LogP) is -0.0928. The van der Waals surface area contributed by atoms with Crippen LogP contribution in [0.1, 0.15) is 0 Å². The molecule has 0 aromatic heterocycles.